The first-order chi connectivity index (χ1) is 19.6. The fourth-order valence-corrected chi connectivity index (χ4v) is 6.04. The van der Waals surface area contributed by atoms with Crippen LogP contribution < -0.4 is 0 Å². The van der Waals surface area contributed by atoms with Crippen LogP contribution in [0.4, 0.5) is 0 Å². The van der Waals surface area contributed by atoms with Gasteiger partial charge in [0.05, 0.1) is 37.4 Å². The van der Waals surface area contributed by atoms with Gasteiger partial charge in [0.2, 0.25) is 6.29 Å². The lowest BCUT2D eigenvalue weighted by atomic mass is 9.82. The molecule has 0 spiro atoms. The second-order valence-electron chi connectivity index (χ2n) is 10.5. The molecule has 4 aliphatic rings. The van der Waals surface area contributed by atoms with Crippen LogP contribution in [-0.2, 0) is 42.8 Å². The Balaban J connectivity index is 1.50. The van der Waals surface area contributed by atoms with Crippen molar-refractivity contribution in [1.82, 2.24) is 0 Å². The average molecular weight is 585 g/mol. The van der Waals surface area contributed by atoms with Crippen molar-refractivity contribution in [3.63, 3.8) is 0 Å². The number of methoxy groups -OCH3 is 1. The zero-order chi connectivity index (χ0) is 30.0. The zero-order valence-electron chi connectivity index (χ0n) is 22.6. The van der Waals surface area contributed by atoms with E-state index < -0.39 is 97.5 Å². The number of hydrogen-bond donors (Lipinski definition) is 5. The molecule has 41 heavy (non-hydrogen) atoms. The lowest BCUT2D eigenvalue weighted by Gasteiger charge is -2.43. The highest BCUT2D eigenvalue weighted by molar-refractivity contribution is 5.90. The van der Waals surface area contributed by atoms with E-state index >= 15 is 0 Å². The lowest BCUT2D eigenvalue weighted by molar-refractivity contribution is -0.339. The molecule has 0 amide bonds. The van der Waals surface area contributed by atoms with Crippen LogP contribution in [0.3, 0.4) is 0 Å². The van der Waals surface area contributed by atoms with Crippen molar-refractivity contribution >= 4 is 18.2 Å². The third-order valence-electron chi connectivity index (χ3n) is 8.37. The van der Waals surface area contributed by atoms with E-state index in [-0.39, 0.29) is 24.0 Å². The van der Waals surface area contributed by atoms with E-state index in [9.17, 15) is 39.9 Å². The summed E-state index contributed by atoms with van der Waals surface area (Å²) in [5.41, 5.74) is 0.241. The van der Waals surface area contributed by atoms with E-state index in [2.05, 4.69) is 6.58 Å². The van der Waals surface area contributed by atoms with E-state index in [1.54, 1.807) is 6.92 Å². The number of carbonyl (C=O) groups is 3. The molecule has 0 radical (unpaired) electrons. The molecule has 1 saturated carbocycles. The normalized spacial score (nSPS) is 42.0. The third kappa shape index (κ3) is 5.91. The number of fused-ring (bicyclic) bond motifs is 1. The van der Waals surface area contributed by atoms with Gasteiger partial charge in [-0.1, -0.05) is 13.0 Å². The van der Waals surface area contributed by atoms with Gasteiger partial charge in [0.1, 0.15) is 36.8 Å². The molecule has 0 aromatic carbocycles. The van der Waals surface area contributed by atoms with Crippen LogP contribution in [0.1, 0.15) is 19.8 Å². The molecule has 5 N–H and O–H groups in total. The monoisotopic (exact) mass is 584 g/mol. The number of ether oxygens (including phenoxy) is 6. The van der Waals surface area contributed by atoms with Gasteiger partial charge in [-0.2, -0.15) is 0 Å². The maximum Gasteiger partial charge on any atom is 0.337 e. The van der Waals surface area contributed by atoms with Crippen molar-refractivity contribution in [1.29, 1.82) is 0 Å². The molecule has 3 aliphatic heterocycles. The minimum Gasteiger partial charge on any atom is -0.472 e. The van der Waals surface area contributed by atoms with E-state index in [4.69, 9.17) is 28.4 Å². The summed E-state index contributed by atoms with van der Waals surface area (Å²) in [6, 6.07) is 0. The molecule has 14 nitrogen and oxygen atoms in total. The first kappa shape index (κ1) is 31.1. The molecule has 13 atom stereocenters. The topological polar surface area (TPSA) is 208 Å². The second-order valence-corrected chi connectivity index (χ2v) is 10.5. The van der Waals surface area contributed by atoms with Crippen LogP contribution in [0.2, 0.25) is 0 Å². The van der Waals surface area contributed by atoms with Gasteiger partial charge in [0.25, 0.3) is 0 Å². The fraction of sp³-hybridized carbons (Fsp3) is 0.667. The van der Waals surface area contributed by atoms with Crippen LogP contribution in [-0.4, -0.2) is 107 Å². The van der Waals surface area contributed by atoms with Crippen LogP contribution in [0.5, 0.6) is 0 Å². The number of esters is 2. The van der Waals surface area contributed by atoms with Crippen LogP contribution >= 0.6 is 0 Å². The largest absolute Gasteiger partial charge is 0.472 e. The summed E-state index contributed by atoms with van der Waals surface area (Å²) in [5.74, 6) is -4.46. The Hall–Kier alpha value is -2.85. The van der Waals surface area contributed by atoms with E-state index in [1.807, 2.05) is 0 Å². The Kier molecular flexibility index (Phi) is 9.85. The van der Waals surface area contributed by atoms with Crippen molar-refractivity contribution in [2.24, 2.45) is 29.6 Å². The van der Waals surface area contributed by atoms with E-state index in [1.165, 1.54) is 13.2 Å². The SMILES string of the molecule is C=CC1C(OC2OC(CO)C(O)C(O)C2O)OC=C(C(=O)OC2CC3C(C(=O)OC)=COC(O)C3C2C)C1CC=O. The van der Waals surface area contributed by atoms with E-state index in [0.29, 0.717) is 6.29 Å². The summed E-state index contributed by atoms with van der Waals surface area (Å²) in [5, 5.41) is 50.3. The van der Waals surface area contributed by atoms with Crippen molar-refractivity contribution in [3.05, 3.63) is 36.3 Å². The first-order valence-electron chi connectivity index (χ1n) is 13.3. The highest BCUT2D eigenvalue weighted by atomic mass is 16.8. The molecule has 228 valence electrons. The minimum absolute atomic E-state index is 0.0123. The molecule has 4 rings (SSSR count). The van der Waals surface area contributed by atoms with Gasteiger partial charge in [-0.05, 0) is 6.42 Å². The maximum absolute atomic E-state index is 13.4. The summed E-state index contributed by atoms with van der Waals surface area (Å²) in [6.45, 7) is 4.86. The molecule has 0 bridgehead atoms. The van der Waals surface area contributed by atoms with Crippen LogP contribution in [0.25, 0.3) is 0 Å². The van der Waals surface area contributed by atoms with Crippen molar-refractivity contribution in [2.45, 2.75) is 69.2 Å². The molecule has 13 unspecified atom stereocenters. The summed E-state index contributed by atoms with van der Waals surface area (Å²) in [6.07, 6.45) is -6.55. The molecule has 14 heteroatoms. The summed E-state index contributed by atoms with van der Waals surface area (Å²) in [7, 11) is 1.23. The standard InChI is InChI=1S/C27H36O14/c1-4-12-13(5-6-28)15(10-38-26(12)41-27-22(32)21(31)20(30)18(8-29)40-27)24(34)39-17-7-14-16(23(33)36-3)9-37-25(35)19(14)11(17)2/h4,6,9-14,17-22,25-27,29-32,35H,1,5,7-8H2,2-3H3. The minimum atomic E-state index is -1.70. The number of aldehydes is 1. The van der Waals surface area contributed by atoms with Gasteiger partial charge in [0, 0.05) is 36.0 Å². The van der Waals surface area contributed by atoms with Crippen LogP contribution in [0, 0.1) is 29.6 Å². The quantitative estimate of drug-likeness (QED) is 0.121. The maximum atomic E-state index is 13.4. The molecular formula is C27H36O14. The summed E-state index contributed by atoms with van der Waals surface area (Å²) in [4.78, 5) is 37.2. The van der Waals surface area contributed by atoms with Gasteiger partial charge in [-0.15, -0.1) is 6.58 Å². The molecular weight excluding hydrogens is 548 g/mol. The Labute approximate surface area is 235 Å². The third-order valence-corrected chi connectivity index (χ3v) is 8.37. The predicted molar refractivity (Wildman–Crippen MR) is 133 cm³/mol. The van der Waals surface area contributed by atoms with Gasteiger partial charge < -0.3 is 58.7 Å². The van der Waals surface area contributed by atoms with Crippen molar-refractivity contribution < 1.29 is 68.3 Å². The number of hydrogen-bond acceptors (Lipinski definition) is 14. The van der Waals surface area contributed by atoms with Crippen LogP contribution in [0.15, 0.2) is 36.3 Å². The molecule has 0 aromatic rings. The predicted octanol–water partition coefficient (Wildman–Crippen LogP) is -1.36. The van der Waals surface area contributed by atoms with Gasteiger partial charge >= 0.3 is 11.9 Å². The molecule has 1 saturated heterocycles. The molecule has 1 aliphatic carbocycles. The Bertz CT molecular complexity index is 1050. The number of rotatable bonds is 9. The average Bonchev–Trinajstić information content (AvgIpc) is 3.29. The highest BCUT2D eigenvalue weighted by Gasteiger charge is 2.53. The summed E-state index contributed by atoms with van der Waals surface area (Å²) < 4.78 is 32.6. The van der Waals surface area contributed by atoms with Gasteiger partial charge in [0.15, 0.2) is 12.6 Å². The molecule has 0 aromatic heterocycles. The van der Waals surface area contributed by atoms with Gasteiger partial charge in [-0.25, -0.2) is 9.59 Å². The first-order valence-corrected chi connectivity index (χ1v) is 13.3. The Morgan fingerprint density at radius 1 is 1.05 bits per heavy atom. The second kappa shape index (κ2) is 13.0. The number of carbonyl (C=O) groups excluding carboxylic acids is 3. The Morgan fingerprint density at radius 3 is 2.39 bits per heavy atom. The fourth-order valence-electron chi connectivity index (χ4n) is 6.04. The zero-order valence-corrected chi connectivity index (χ0v) is 22.6. The van der Waals surface area contributed by atoms with Gasteiger partial charge in [-0.3, -0.25) is 0 Å². The van der Waals surface area contributed by atoms with Crippen molar-refractivity contribution in [2.75, 3.05) is 13.7 Å². The smallest absolute Gasteiger partial charge is 0.337 e. The van der Waals surface area contributed by atoms with E-state index in [0.717, 1.165) is 12.5 Å². The Morgan fingerprint density at radius 2 is 1.76 bits per heavy atom. The number of aliphatic hydroxyl groups is 5. The number of aliphatic hydroxyl groups excluding tert-OH is 5. The summed E-state index contributed by atoms with van der Waals surface area (Å²) >= 11 is 0. The molecule has 3 heterocycles. The molecule has 2 fully saturated rings. The highest BCUT2D eigenvalue weighted by Crippen LogP contribution is 2.48. The van der Waals surface area contributed by atoms with Crippen molar-refractivity contribution in [3.8, 4) is 0 Å². The lowest BCUT2D eigenvalue weighted by Crippen LogP contribution is -2.60.